The van der Waals surface area contributed by atoms with E-state index in [2.05, 4.69) is 60.3 Å². The molecule has 2 atom stereocenters. The van der Waals surface area contributed by atoms with Crippen LogP contribution in [0.5, 0.6) is 0 Å². The highest BCUT2D eigenvalue weighted by Gasteiger charge is 2.24. The van der Waals surface area contributed by atoms with Gasteiger partial charge in [-0.1, -0.05) is 19.1 Å². The first-order valence-electron chi connectivity index (χ1n) is 7.88. The summed E-state index contributed by atoms with van der Waals surface area (Å²) in [6, 6.07) is 10.1. The van der Waals surface area contributed by atoms with Crippen LogP contribution in [0, 0.1) is 0 Å². The molecule has 1 heterocycles. The molecule has 0 saturated carbocycles. The van der Waals surface area contributed by atoms with Crippen LogP contribution in [0.3, 0.4) is 0 Å². The number of likely N-dealkylation sites (N-methyl/N-ethyl adjacent to an activating group) is 2. The second-order valence-electron chi connectivity index (χ2n) is 5.91. The van der Waals surface area contributed by atoms with Crippen molar-refractivity contribution in [3.05, 3.63) is 29.8 Å². The standard InChI is InChI=1S/C17H29N3/c1-5-20-12-6-7-17(20)13-19(4)16-10-8-15(9-11-16)14(2)18-3/h8-11,14,17-18H,5-7,12-13H2,1-4H3. The van der Waals surface area contributed by atoms with Crippen LogP contribution >= 0.6 is 0 Å². The molecule has 0 bridgehead atoms. The number of nitrogens with one attached hydrogen (secondary N) is 1. The molecular weight excluding hydrogens is 246 g/mol. The summed E-state index contributed by atoms with van der Waals surface area (Å²) in [7, 11) is 4.22. The third-order valence-corrected chi connectivity index (χ3v) is 4.66. The monoisotopic (exact) mass is 275 g/mol. The van der Waals surface area contributed by atoms with E-state index in [-0.39, 0.29) is 0 Å². The number of rotatable bonds is 6. The molecule has 20 heavy (non-hydrogen) atoms. The topological polar surface area (TPSA) is 18.5 Å². The van der Waals surface area contributed by atoms with Gasteiger partial charge in [-0.3, -0.25) is 4.90 Å². The first-order valence-corrected chi connectivity index (χ1v) is 7.88. The number of hydrogen-bond donors (Lipinski definition) is 1. The van der Waals surface area contributed by atoms with E-state index in [0.717, 1.165) is 12.6 Å². The van der Waals surface area contributed by atoms with Crippen molar-refractivity contribution in [3.8, 4) is 0 Å². The highest BCUT2D eigenvalue weighted by Crippen LogP contribution is 2.22. The highest BCUT2D eigenvalue weighted by atomic mass is 15.2. The molecule has 1 aliphatic rings. The third kappa shape index (κ3) is 3.53. The normalized spacial score (nSPS) is 21.1. The predicted octanol–water partition coefficient (Wildman–Crippen LogP) is 2.89. The maximum Gasteiger partial charge on any atom is 0.0364 e. The average molecular weight is 275 g/mol. The van der Waals surface area contributed by atoms with Crippen molar-refractivity contribution in [1.82, 2.24) is 10.2 Å². The van der Waals surface area contributed by atoms with Crippen molar-refractivity contribution in [2.45, 2.75) is 38.8 Å². The lowest BCUT2D eigenvalue weighted by molar-refractivity contribution is 0.270. The van der Waals surface area contributed by atoms with Crippen LogP contribution < -0.4 is 10.2 Å². The highest BCUT2D eigenvalue weighted by molar-refractivity contribution is 5.47. The lowest BCUT2D eigenvalue weighted by atomic mass is 10.1. The number of hydrogen-bond acceptors (Lipinski definition) is 3. The zero-order valence-electron chi connectivity index (χ0n) is 13.4. The van der Waals surface area contributed by atoms with E-state index in [4.69, 9.17) is 0 Å². The third-order valence-electron chi connectivity index (χ3n) is 4.66. The Labute approximate surface area is 124 Å². The molecule has 1 saturated heterocycles. The Kier molecular flexibility index (Phi) is 5.44. The van der Waals surface area contributed by atoms with Crippen LogP contribution in [-0.2, 0) is 0 Å². The lowest BCUT2D eigenvalue weighted by Gasteiger charge is -2.29. The van der Waals surface area contributed by atoms with Gasteiger partial charge in [0, 0.05) is 31.4 Å². The molecular formula is C17H29N3. The lowest BCUT2D eigenvalue weighted by Crippen LogP contribution is -2.38. The summed E-state index contributed by atoms with van der Waals surface area (Å²) in [6.07, 6.45) is 2.69. The minimum Gasteiger partial charge on any atom is -0.373 e. The van der Waals surface area contributed by atoms with Crippen molar-refractivity contribution in [3.63, 3.8) is 0 Å². The zero-order chi connectivity index (χ0) is 14.5. The van der Waals surface area contributed by atoms with E-state index in [1.165, 1.54) is 37.2 Å². The minimum atomic E-state index is 0.416. The van der Waals surface area contributed by atoms with Gasteiger partial charge < -0.3 is 10.2 Å². The fourth-order valence-electron chi connectivity index (χ4n) is 3.12. The molecule has 3 nitrogen and oxygen atoms in total. The van der Waals surface area contributed by atoms with Gasteiger partial charge in [-0.2, -0.15) is 0 Å². The van der Waals surface area contributed by atoms with Crippen LogP contribution in [0.1, 0.15) is 38.3 Å². The van der Waals surface area contributed by atoms with Gasteiger partial charge in [-0.25, -0.2) is 0 Å². The van der Waals surface area contributed by atoms with E-state index in [1.54, 1.807) is 0 Å². The van der Waals surface area contributed by atoms with Crippen molar-refractivity contribution in [2.75, 3.05) is 38.6 Å². The van der Waals surface area contributed by atoms with Gasteiger partial charge in [0.2, 0.25) is 0 Å². The molecule has 0 aromatic heterocycles. The van der Waals surface area contributed by atoms with Gasteiger partial charge in [0.05, 0.1) is 0 Å². The Morgan fingerprint density at radius 1 is 1.35 bits per heavy atom. The first-order chi connectivity index (χ1) is 9.65. The van der Waals surface area contributed by atoms with E-state index in [0.29, 0.717) is 6.04 Å². The van der Waals surface area contributed by atoms with Crippen molar-refractivity contribution < 1.29 is 0 Å². The second-order valence-corrected chi connectivity index (χ2v) is 5.91. The molecule has 112 valence electrons. The summed E-state index contributed by atoms with van der Waals surface area (Å²) in [4.78, 5) is 5.00. The number of likely N-dealkylation sites (tertiary alicyclic amines) is 1. The molecule has 1 N–H and O–H groups in total. The summed E-state index contributed by atoms with van der Waals surface area (Å²) in [6.45, 7) is 8.04. The Morgan fingerprint density at radius 2 is 2.05 bits per heavy atom. The molecule has 1 aliphatic heterocycles. The zero-order valence-corrected chi connectivity index (χ0v) is 13.4. The van der Waals surface area contributed by atoms with E-state index < -0.39 is 0 Å². The van der Waals surface area contributed by atoms with Crippen molar-refractivity contribution in [2.24, 2.45) is 0 Å². The quantitative estimate of drug-likeness (QED) is 0.861. The van der Waals surface area contributed by atoms with Crippen LogP contribution in [0.2, 0.25) is 0 Å². The van der Waals surface area contributed by atoms with Gasteiger partial charge in [0.15, 0.2) is 0 Å². The van der Waals surface area contributed by atoms with Crippen molar-refractivity contribution in [1.29, 1.82) is 0 Å². The minimum absolute atomic E-state index is 0.416. The molecule has 1 fully saturated rings. The van der Waals surface area contributed by atoms with Crippen LogP contribution in [0.15, 0.2) is 24.3 Å². The molecule has 0 amide bonds. The molecule has 1 aromatic carbocycles. The van der Waals surface area contributed by atoms with Gasteiger partial charge in [0.1, 0.15) is 0 Å². The summed E-state index contributed by atoms with van der Waals surface area (Å²) in [5.41, 5.74) is 2.67. The smallest absolute Gasteiger partial charge is 0.0364 e. The molecule has 2 rings (SSSR count). The molecule has 3 heteroatoms. The van der Waals surface area contributed by atoms with Gasteiger partial charge >= 0.3 is 0 Å². The Balaban J connectivity index is 1.97. The van der Waals surface area contributed by atoms with Crippen molar-refractivity contribution >= 4 is 5.69 Å². The number of nitrogens with zero attached hydrogens (tertiary/aromatic N) is 2. The number of benzene rings is 1. The van der Waals surface area contributed by atoms with Gasteiger partial charge in [-0.05, 0) is 57.6 Å². The Hall–Kier alpha value is -1.06. The van der Waals surface area contributed by atoms with Gasteiger partial charge in [-0.15, -0.1) is 0 Å². The van der Waals surface area contributed by atoms with E-state index in [1.807, 2.05) is 7.05 Å². The van der Waals surface area contributed by atoms with Crippen LogP contribution in [-0.4, -0.2) is 44.7 Å². The SMILES string of the molecule is CCN1CCCC1CN(C)c1ccc(C(C)NC)cc1. The molecule has 0 spiro atoms. The molecule has 0 radical (unpaired) electrons. The van der Waals surface area contributed by atoms with Crippen LogP contribution in [0.4, 0.5) is 5.69 Å². The maximum absolute atomic E-state index is 3.28. The summed E-state index contributed by atoms with van der Waals surface area (Å²) < 4.78 is 0. The van der Waals surface area contributed by atoms with E-state index in [9.17, 15) is 0 Å². The number of anilines is 1. The van der Waals surface area contributed by atoms with Crippen LogP contribution in [0.25, 0.3) is 0 Å². The Morgan fingerprint density at radius 3 is 2.65 bits per heavy atom. The summed E-state index contributed by atoms with van der Waals surface area (Å²) in [5.74, 6) is 0. The fourth-order valence-corrected chi connectivity index (χ4v) is 3.12. The van der Waals surface area contributed by atoms with Gasteiger partial charge in [0.25, 0.3) is 0 Å². The Bertz CT molecular complexity index is 401. The summed E-state index contributed by atoms with van der Waals surface area (Å²) in [5, 5.41) is 3.28. The molecule has 0 aliphatic carbocycles. The maximum atomic E-state index is 3.28. The fraction of sp³-hybridized carbons (Fsp3) is 0.647. The summed E-state index contributed by atoms with van der Waals surface area (Å²) >= 11 is 0. The molecule has 1 aromatic rings. The second kappa shape index (κ2) is 7.09. The first kappa shape index (κ1) is 15.3. The largest absolute Gasteiger partial charge is 0.373 e. The average Bonchev–Trinajstić information content (AvgIpc) is 2.93. The van der Waals surface area contributed by atoms with E-state index >= 15 is 0 Å². The molecule has 2 unspecified atom stereocenters. The predicted molar refractivity (Wildman–Crippen MR) is 87.5 cm³/mol.